The van der Waals surface area contributed by atoms with Crippen LogP contribution in [0.25, 0.3) is 0 Å². The lowest BCUT2D eigenvalue weighted by Gasteiger charge is -2.25. The zero-order valence-corrected chi connectivity index (χ0v) is 7.02. The second-order valence-corrected chi connectivity index (χ2v) is 3.09. The standard InChI is InChI=1S/C8H13N3O/c1-2-8(3-1)12-7-6-11-5-4-9-10-11/h4-5,8H,1-3,6-7H2. The fourth-order valence-corrected chi connectivity index (χ4v) is 1.20. The predicted molar refractivity (Wildman–Crippen MR) is 43.6 cm³/mol. The topological polar surface area (TPSA) is 39.9 Å². The van der Waals surface area contributed by atoms with Gasteiger partial charge in [-0.3, -0.25) is 4.68 Å². The quantitative estimate of drug-likeness (QED) is 0.667. The van der Waals surface area contributed by atoms with Gasteiger partial charge in [0.25, 0.3) is 0 Å². The van der Waals surface area contributed by atoms with Crippen molar-refractivity contribution in [3.05, 3.63) is 12.4 Å². The molecule has 0 unspecified atom stereocenters. The van der Waals surface area contributed by atoms with E-state index in [9.17, 15) is 0 Å². The molecule has 1 saturated carbocycles. The van der Waals surface area contributed by atoms with Crippen LogP contribution in [0.5, 0.6) is 0 Å². The van der Waals surface area contributed by atoms with Gasteiger partial charge in [0.2, 0.25) is 0 Å². The number of ether oxygens (including phenoxy) is 1. The Labute approximate surface area is 71.5 Å². The molecule has 0 atom stereocenters. The van der Waals surface area contributed by atoms with Crippen LogP contribution in [-0.2, 0) is 11.3 Å². The first kappa shape index (κ1) is 7.73. The average molecular weight is 167 g/mol. The van der Waals surface area contributed by atoms with Crippen molar-refractivity contribution >= 4 is 0 Å². The van der Waals surface area contributed by atoms with Gasteiger partial charge in [0, 0.05) is 6.20 Å². The van der Waals surface area contributed by atoms with Crippen LogP contribution in [0.3, 0.4) is 0 Å². The molecule has 1 fully saturated rings. The molecule has 12 heavy (non-hydrogen) atoms. The van der Waals surface area contributed by atoms with E-state index in [-0.39, 0.29) is 0 Å². The number of rotatable bonds is 4. The molecule has 0 radical (unpaired) electrons. The Morgan fingerprint density at radius 1 is 1.50 bits per heavy atom. The summed E-state index contributed by atoms with van der Waals surface area (Å²) < 4.78 is 7.35. The third-order valence-corrected chi connectivity index (χ3v) is 2.20. The van der Waals surface area contributed by atoms with Crippen LogP contribution in [0.15, 0.2) is 12.4 Å². The van der Waals surface area contributed by atoms with Crippen molar-refractivity contribution in [2.75, 3.05) is 6.61 Å². The molecule has 0 aliphatic heterocycles. The molecule has 66 valence electrons. The highest BCUT2D eigenvalue weighted by molar-refractivity contribution is 4.69. The fraction of sp³-hybridized carbons (Fsp3) is 0.750. The lowest BCUT2D eigenvalue weighted by molar-refractivity contribution is -0.00249. The molecule has 2 rings (SSSR count). The highest BCUT2D eigenvalue weighted by atomic mass is 16.5. The molecule has 0 N–H and O–H groups in total. The van der Waals surface area contributed by atoms with Crippen LogP contribution in [-0.4, -0.2) is 27.7 Å². The van der Waals surface area contributed by atoms with Gasteiger partial charge in [0.05, 0.1) is 25.5 Å². The van der Waals surface area contributed by atoms with E-state index in [1.165, 1.54) is 19.3 Å². The predicted octanol–water partition coefficient (Wildman–Crippen LogP) is 0.847. The normalized spacial score (nSPS) is 17.7. The van der Waals surface area contributed by atoms with Gasteiger partial charge < -0.3 is 4.74 Å². The van der Waals surface area contributed by atoms with Gasteiger partial charge >= 0.3 is 0 Å². The maximum Gasteiger partial charge on any atom is 0.0692 e. The van der Waals surface area contributed by atoms with Crippen LogP contribution in [0.1, 0.15) is 19.3 Å². The summed E-state index contributed by atoms with van der Waals surface area (Å²) in [5.41, 5.74) is 0. The van der Waals surface area contributed by atoms with E-state index in [1.54, 1.807) is 10.9 Å². The Morgan fingerprint density at radius 2 is 2.42 bits per heavy atom. The van der Waals surface area contributed by atoms with E-state index < -0.39 is 0 Å². The van der Waals surface area contributed by atoms with Crippen molar-refractivity contribution in [3.8, 4) is 0 Å². The van der Waals surface area contributed by atoms with E-state index in [0.717, 1.165) is 13.2 Å². The molecule has 1 heterocycles. The molecule has 0 bridgehead atoms. The molecule has 1 aliphatic rings. The van der Waals surface area contributed by atoms with Crippen LogP contribution in [0.4, 0.5) is 0 Å². The second kappa shape index (κ2) is 3.67. The summed E-state index contributed by atoms with van der Waals surface area (Å²) in [4.78, 5) is 0. The Balaban J connectivity index is 1.62. The minimum absolute atomic E-state index is 0.522. The van der Waals surface area contributed by atoms with Crippen LogP contribution < -0.4 is 0 Å². The second-order valence-electron chi connectivity index (χ2n) is 3.09. The number of nitrogens with zero attached hydrogens (tertiary/aromatic N) is 3. The van der Waals surface area contributed by atoms with Crippen molar-refractivity contribution in [3.63, 3.8) is 0 Å². The minimum atomic E-state index is 0.522. The van der Waals surface area contributed by atoms with Crippen molar-refractivity contribution < 1.29 is 4.74 Å². The Morgan fingerprint density at radius 3 is 3.00 bits per heavy atom. The summed E-state index contributed by atoms with van der Waals surface area (Å²) in [6.07, 6.45) is 7.85. The van der Waals surface area contributed by atoms with Gasteiger partial charge in [0.15, 0.2) is 0 Å². The maximum atomic E-state index is 5.56. The van der Waals surface area contributed by atoms with Crippen LogP contribution in [0.2, 0.25) is 0 Å². The first-order chi connectivity index (χ1) is 5.95. The maximum absolute atomic E-state index is 5.56. The number of hydrogen-bond acceptors (Lipinski definition) is 3. The van der Waals surface area contributed by atoms with Gasteiger partial charge in [-0.15, -0.1) is 5.10 Å². The Hall–Kier alpha value is -0.900. The number of aromatic nitrogens is 3. The molecule has 0 saturated heterocycles. The molecule has 0 aromatic carbocycles. The summed E-state index contributed by atoms with van der Waals surface area (Å²) in [6, 6.07) is 0. The largest absolute Gasteiger partial charge is 0.376 e. The van der Waals surface area contributed by atoms with Crippen LogP contribution in [0, 0.1) is 0 Å². The zero-order valence-electron chi connectivity index (χ0n) is 7.02. The highest BCUT2D eigenvalue weighted by Gasteiger charge is 2.17. The summed E-state index contributed by atoms with van der Waals surface area (Å²) in [5, 5.41) is 7.56. The van der Waals surface area contributed by atoms with Gasteiger partial charge in [-0.1, -0.05) is 5.21 Å². The minimum Gasteiger partial charge on any atom is -0.376 e. The molecule has 1 aromatic heterocycles. The molecular weight excluding hydrogens is 154 g/mol. The van der Waals surface area contributed by atoms with Gasteiger partial charge in [-0.2, -0.15) is 0 Å². The smallest absolute Gasteiger partial charge is 0.0692 e. The van der Waals surface area contributed by atoms with E-state index in [0.29, 0.717) is 6.10 Å². The van der Waals surface area contributed by atoms with E-state index in [2.05, 4.69) is 10.3 Å². The van der Waals surface area contributed by atoms with E-state index in [1.807, 2.05) is 6.20 Å². The highest BCUT2D eigenvalue weighted by Crippen LogP contribution is 2.21. The van der Waals surface area contributed by atoms with Gasteiger partial charge in [0.1, 0.15) is 0 Å². The molecule has 1 aromatic rings. The SMILES string of the molecule is c1cn(CCOC2CCC2)nn1. The van der Waals surface area contributed by atoms with Crippen molar-refractivity contribution in [2.45, 2.75) is 31.9 Å². The molecule has 0 amide bonds. The number of hydrogen-bond donors (Lipinski definition) is 0. The molecule has 0 spiro atoms. The summed E-state index contributed by atoms with van der Waals surface area (Å²) in [5.74, 6) is 0. The van der Waals surface area contributed by atoms with E-state index in [4.69, 9.17) is 4.74 Å². The Kier molecular flexibility index (Phi) is 2.36. The lowest BCUT2D eigenvalue weighted by Crippen LogP contribution is -2.23. The van der Waals surface area contributed by atoms with Gasteiger partial charge in [-0.25, -0.2) is 0 Å². The molecule has 1 aliphatic carbocycles. The fourth-order valence-electron chi connectivity index (χ4n) is 1.20. The summed E-state index contributed by atoms with van der Waals surface area (Å²) in [6.45, 7) is 1.57. The third kappa shape index (κ3) is 1.82. The molecule has 4 heteroatoms. The first-order valence-electron chi connectivity index (χ1n) is 4.41. The first-order valence-corrected chi connectivity index (χ1v) is 4.41. The Bertz CT molecular complexity index is 218. The van der Waals surface area contributed by atoms with Crippen LogP contribution >= 0.6 is 0 Å². The third-order valence-electron chi connectivity index (χ3n) is 2.20. The zero-order chi connectivity index (χ0) is 8.23. The van der Waals surface area contributed by atoms with Crippen molar-refractivity contribution in [1.29, 1.82) is 0 Å². The average Bonchev–Trinajstić information content (AvgIpc) is 2.46. The summed E-state index contributed by atoms with van der Waals surface area (Å²) in [7, 11) is 0. The summed E-state index contributed by atoms with van der Waals surface area (Å²) >= 11 is 0. The van der Waals surface area contributed by atoms with E-state index >= 15 is 0 Å². The molecule has 4 nitrogen and oxygen atoms in total. The monoisotopic (exact) mass is 167 g/mol. The van der Waals surface area contributed by atoms with Crippen molar-refractivity contribution in [2.24, 2.45) is 0 Å². The lowest BCUT2D eigenvalue weighted by atomic mass is 9.96. The van der Waals surface area contributed by atoms with Crippen molar-refractivity contribution in [1.82, 2.24) is 15.0 Å². The molecular formula is C8H13N3O. The van der Waals surface area contributed by atoms with Gasteiger partial charge in [-0.05, 0) is 19.3 Å².